The minimum Gasteiger partial charge on any atom is -0.476 e. The number of carbonyl (C=O) groups is 1. The van der Waals surface area contributed by atoms with Crippen LogP contribution in [0.2, 0.25) is 0 Å². The van der Waals surface area contributed by atoms with Crippen LogP contribution in [0.5, 0.6) is 0 Å². The molecule has 1 saturated heterocycles. The summed E-state index contributed by atoms with van der Waals surface area (Å²) in [7, 11) is 0. The number of ether oxygens (including phenoxy) is 1. The van der Waals surface area contributed by atoms with Gasteiger partial charge in [0.15, 0.2) is 0 Å². The Morgan fingerprint density at radius 1 is 1.75 bits per heavy atom. The number of aliphatic carboxylic acids is 1. The third-order valence-electron chi connectivity index (χ3n) is 1.84. The number of hydrogen-bond acceptors (Lipinski definition) is 2. The summed E-state index contributed by atoms with van der Waals surface area (Å²) in [6.45, 7) is 2.21. The Morgan fingerprint density at radius 3 is 2.92 bits per heavy atom. The van der Waals surface area contributed by atoms with Crippen molar-refractivity contribution in [2.45, 2.75) is 25.9 Å². The molecule has 0 saturated carbocycles. The molecule has 1 N–H and O–H groups in total. The number of rotatable bonds is 1. The summed E-state index contributed by atoms with van der Waals surface area (Å²) in [5.41, 5.74) is 0.362. The summed E-state index contributed by atoms with van der Waals surface area (Å²) in [6.07, 6.45) is 0.708. The summed E-state index contributed by atoms with van der Waals surface area (Å²) >= 11 is 0. The van der Waals surface area contributed by atoms with Crippen molar-refractivity contribution in [1.82, 2.24) is 0 Å². The molecule has 4 heteroatoms. The van der Waals surface area contributed by atoms with Crippen molar-refractivity contribution < 1.29 is 19.0 Å². The molecule has 0 aromatic carbocycles. The number of hydrogen-bond donors (Lipinski definition) is 1. The Morgan fingerprint density at radius 2 is 2.42 bits per heavy atom. The van der Waals surface area contributed by atoms with Gasteiger partial charge >= 0.3 is 5.97 Å². The Labute approximate surface area is 69.8 Å². The highest BCUT2D eigenvalue weighted by molar-refractivity contribution is 5.84. The van der Waals surface area contributed by atoms with Crippen molar-refractivity contribution in [2.24, 2.45) is 0 Å². The third-order valence-corrected chi connectivity index (χ3v) is 1.84. The topological polar surface area (TPSA) is 46.5 Å². The molecule has 1 heterocycles. The Hall–Kier alpha value is -0.900. The van der Waals surface area contributed by atoms with Crippen LogP contribution in [0.1, 0.15) is 19.8 Å². The molecule has 0 bridgehead atoms. The van der Waals surface area contributed by atoms with Gasteiger partial charge in [0, 0.05) is 0 Å². The summed E-state index contributed by atoms with van der Waals surface area (Å²) in [5, 5.41) is 8.35. The van der Waals surface area contributed by atoms with E-state index in [2.05, 4.69) is 0 Å². The molecule has 0 radical (unpaired) electrons. The SMILES string of the molecule is CC1C/C(=C(\F)C(=O)O)CCO1. The molecule has 0 aromatic heterocycles. The molecule has 3 nitrogen and oxygen atoms in total. The maximum atomic E-state index is 12.8. The van der Waals surface area contributed by atoms with Crippen LogP contribution in [-0.4, -0.2) is 23.8 Å². The predicted molar refractivity (Wildman–Crippen MR) is 40.4 cm³/mol. The van der Waals surface area contributed by atoms with E-state index in [0.717, 1.165) is 0 Å². The zero-order valence-corrected chi connectivity index (χ0v) is 6.84. The Bertz CT molecular complexity index is 222. The largest absolute Gasteiger partial charge is 0.476 e. The standard InChI is InChI=1S/C8H11FO3/c1-5-4-6(2-3-12-5)7(9)8(10)11/h5H,2-4H2,1H3,(H,10,11)/b7-6-. The quantitative estimate of drug-likeness (QED) is 0.612. The fraction of sp³-hybridized carbons (Fsp3) is 0.625. The van der Waals surface area contributed by atoms with E-state index in [4.69, 9.17) is 9.84 Å². The van der Waals surface area contributed by atoms with Crippen LogP contribution in [-0.2, 0) is 9.53 Å². The number of carboxylic acid groups (broad SMARTS) is 1. The van der Waals surface area contributed by atoms with Gasteiger partial charge in [0.05, 0.1) is 12.7 Å². The lowest BCUT2D eigenvalue weighted by Gasteiger charge is -2.21. The molecule has 1 aliphatic rings. The van der Waals surface area contributed by atoms with Crippen LogP contribution >= 0.6 is 0 Å². The van der Waals surface area contributed by atoms with Crippen molar-refractivity contribution in [3.63, 3.8) is 0 Å². The van der Waals surface area contributed by atoms with Crippen LogP contribution in [0.25, 0.3) is 0 Å². The molecule has 1 fully saturated rings. The lowest BCUT2D eigenvalue weighted by atomic mass is 10.0. The molecule has 1 unspecified atom stereocenters. The van der Waals surface area contributed by atoms with E-state index < -0.39 is 11.8 Å². The number of halogens is 1. The van der Waals surface area contributed by atoms with Crippen LogP contribution in [0, 0.1) is 0 Å². The zero-order chi connectivity index (χ0) is 9.14. The van der Waals surface area contributed by atoms with Crippen LogP contribution in [0.15, 0.2) is 11.4 Å². The molecule has 1 aliphatic heterocycles. The molecular formula is C8H11FO3. The highest BCUT2D eigenvalue weighted by Crippen LogP contribution is 2.22. The molecule has 68 valence electrons. The summed E-state index contributed by atoms with van der Waals surface area (Å²) < 4.78 is 18.0. The summed E-state index contributed by atoms with van der Waals surface area (Å²) in [5.74, 6) is -2.48. The highest BCUT2D eigenvalue weighted by Gasteiger charge is 2.20. The molecule has 12 heavy (non-hydrogen) atoms. The first-order valence-corrected chi connectivity index (χ1v) is 3.83. The van der Waals surface area contributed by atoms with Crippen molar-refractivity contribution in [3.8, 4) is 0 Å². The van der Waals surface area contributed by atoms with Crippen molar-refractivity contribution >= 4 is 5.97 Å². The first kappa shape index (κ1) is 9.19. The molecule has 0 amide bonds. The molecule has 0 aliphatic carbocycles. The first-order chi connectivity index (χ1) is 5.61. The van der Waals surface area contributed by atoms with E-state index in [0.29, 0.717) is 25.0 Å². The molecule has 1 atom stereocenters. The Balaban J connectivity index is 2.72. The van der Waals surface area contributed by atoms with Crippen LogP contribution < -0.4 is 0 Å². The summed E-state index contributed by atoms with van der Waals surface area (Å²) in [4.78, 5) is 10.2. The maximum absolute atomic E-state index is 12.8. The van der Waals surface area contributed by atoms with Gasteiger partial charge in [-0.1, -0.05) is 0 Å². The van der Waals surface area contributed by atoms with Crippen LogP contribution in [0.3, 0.4) is 0 Å². The van der Waals surface area contributed by atoms with E-state index >= 15 is 0 Å². The smallest absolute Gasteiger partial charge is 0.364 e. The van der Waals surface area contributed by atoms with Gasteiger partial charge in [0.25, 0.3) is 0 Å². The fourth-order valence-corrected chi connectivity index (χ4v) is 1.24. The van der Waals surface area contributed by atoms with Gasteiger partial charge in [-0.3, -0.25) is 0 Å². The third kappa shape index (κ3) is 2.04. The van der Waals surface area contributed by atoms with E-state index in [1.165, 1.54) is 0 Å². The van der Waals surface area contributed by atoms with Gasteiger partial charge in [-0.05, 0) is 25.3 Å². The van der Waals surface area contributed by atoms with Gasteiger partial charge in [0.2, 0.25) is 5.83 Å². The Kier molecular flexibility index (Phi) is 2.81. The number of carboxylic acids is 1. The lowest BCUT2D eigenvalue weighted by molar-refractivity contribution is -0.134. The van der Waals surface area contributed by atoms with Gasteiger partial charge < -0.3 is 9.84 Å². The minimum atomic E-state index is -1.47. The predicted octanol–water partition coefficient (Wildman–Crippen LogP) is 1.49. The van der Waals surface area contributed by atoms with Gasteiger partial charge in [0.1, 0.15) is 0 Å². The van der Waals surface area contributed by atoms with Crippen molar-refractivity contribution in [3.05, 3.63) is 11.4 Å². The molecule has 0 aromatic rings. The second kappa shape index (κ2) is 3.67. The zero-order valence-electron chi connectivity index (χ0n) is 6.84. The van der Waals surface area contributed by atoms with Gasteiger partial charge in [-0.15, -0.1) is 0 Å². The lowest BCUT2D eigenvalue weighted by Crippen LogP contribution is -2.19. The summed E-state index contributed by atoms with van der Waals surface area (Å²) in [6, 6.07) is 0. The minimum absolute atomic E-state index is 0.0705. The maximum Gasteiger partial charge on any atom is 0.364 e. The van der Waals surface area contributed by atoms with Crippen molar-refractivity contribution in [1.29, 1.82) is 0 Å². The van der Waals surface area contributed by atoms with Gasteiger partial charge in [-0.25, -0.2) is 4.79 Å². The highest BCUT2D eigenvalue weighted by atomic mass is 19.1. The normalized spacial score (nSPS) is 28.3. The second-order valence-electron chi connectivity index (χ2n) is 2.86. The van der Waals surface area contributed by atoms with Gasteiger partial charge in [-0.2, -0.15) is 4.39 Å². The average molecular weight is 174 g/mol. The van der Waals surface area contributed by atoms with Crippen molar-refractivity contribution in [2.75, 3.05) is 6.61 Å². The fourth-order valence-electron chi connectivity index (χ4n) is 1.24. The second-order valence-corrected chi connectivity index (χ2v) is 2.86. The monoisotopic (exact) mass is 174 g/mol. The molecule has 0 spiro atoms. The first-order valence-electron chi connectivity index (χ1n) is 3.83. The average Bonchev–Trinajstić information content (AvgIpc) is 2.03. The molecule has 1 rings (SSSR count). The van der Waals surface area contributed by atoms with E-state index in [1.54, 1.807) is 6.92 Å². The van der Waals surface area contributed by atoms with E-state index in [-0.39, 0.29) is 6.10 Å². The van der Waals surface area contributed by atoms with E-state index in [9.17, 15) is 9.18 Å². The van der Waals surface area contributed by atoms with E-state index in [1.807, 2.05) is 0 Å². The van der Waals surface area contributed by atoms with Crippen LogP contribution in [0.4, 0.5) is 4.39 Å². The molecular weight excluding hydrogens is 163 g/mol.